The van der Waals surface area contributed by atoms with Crippen LogP contribution in [0.3, 0.4) is 0 Å². The highest BCUT2D eigenvalue weighted by atomic mass is 32.2. The third-order valence-electron chi connectivity index (χ3n) is 3.27. The molecule has 1 unspecified atom stereocenters. The van der Waals surface area contributed by atoms with Crippen LogP contribution in [0.15, 0.2) is 47.5 Å². The summed E-state index contributed by atoms with van der Waals surface area (Å²) in [5.41, 5.74) is 2.36. The monoisotopic (exact) mass is 298 g/mol. The van der Waals surface area contributed by atoms with Crippen LogP contribution in [0.25, 0.3) is 0 Å². The van der Waals surface area contributed by atoms with Gasteiger partial charge in [0.05, 0.1) is 16.6 Å². The topological polar surface area (TPSA) is 53.8 Å². The highest BCUT2D eigenvalue weighted by Gasteiger charge is 2.14. The molecule has 0 radical (unpaired) electrons. The number of pyridine rings is 1. The van der Waals surface area contributed by atoms with E-state index < -0.39 is 10.8 Å². The first-order chi connectivity index (χ1) is 9.91. The molecule has 1 aromatic heterocycles. The lowest BCUT2D eigenvalue weighted by Crippen LogP contribution is -2.11. The lowest BCUT2D eigenvalue weighted by atomic mass is 9.87. The second-order valence-electron chi connectivity index (χ2n) is 5.89. The van der Waals surface area contributed by atoms with Gasteiger partial charge in [-0.2, -0.15) is 5.26 Å². The number of hydrogen-bond acceptors (Lipinski definition) is 3. The first kappa shape index (κ1) is 15.4. The van der Waals surface area contributed by atoms with Crippen molar-refractivity contribution in [2.75, 3.05) is 0 Å². The maximum atomic E-state index is 12.4. The van der Waals surface area contributed by atoms with Crippen LogP contribution in [0.5, 0.6) is 0 Å². The van der Waals surface area contributed by atoms with Gasteiger partial charge in [0.2, 0.25) is 0 Å². The molecule has 0 saturated carbocycles. The van der Waals surface area contributed by atoms with Gasteiger partial charge in [-0.15, -0.1) is 0 Å². The van der Waals surface area contributed by atoms with E-state index in [1.54, 1.807) is 18.3 Å². The van der Waals surface area contributed by atoms with E-state index in [9.17, 15) is 4.21 Å². The lowest BCUT2D eigenvalue weighted by Gasteiger charge is -2.19. The third-order valence-corrected chi connectivity index (χ3v) is 4.64. The van der Waals surface area contributed by atoms with Crippen molar-refractivity contribution < 1.29 is 4.21 Å². The molecule has 4 heteroatoms. The maximum Gasteiger partial charge on any atom is 0.144 e. The predicted molar refractivity (Wildman–Crippen MR) is 84.2 cm³/mol. The second-order valence-corrected chi connectivity index (χ2v) is 7.34. The molecule has 0 bridgehead atoms. The van der Waals surface area contributed by atoms with Crippen LogP contribution in [0.1, 0.15) is 37.6 Å². The number of rotatable bonds is 3. The molecule has 21 heavy (non-hydrogen) atoms. The van der Waals surface area contributed by atoms with Gasteiger partial charge >= 0.3 is 0 Å². The van der Waals surface area contributed by atoms with Gasteiger partial charge in [0.15, 0.2) is 0 Å². The largest absolute Gasteiger partial charge is 0.254 e. The second kappa shape index (κ2) is 6.19. The van der Waals surface area contributed by atoms with Gasteiger partial charge in [0.1, 0.15) is 11.8 Å². The zero-order valence-electron chi connectivity index (χ0n) is 12.5. The van der Waals surface area contributed by atoms with Crippen molar-refractivity contribution in [3.63, 3.8) is 0 Å². The molecule has 108 valence electrons. The molecule has 0 saturated heterocycles. The van der Waals surface area contributed by atoms with E-state index in [1.165, 1.54) is 5.56 Å². The summed E-state index contributed by atoms with van der Waals surface area (Å²) in [6.45, 7) is 6.44. The summed E-state index contributed by atoms with van der Waals surface area (Å²) in [5.74, 6) is 0.311. The fourth-order valence-electron chi connectivity index (χ4n) is 1.99. The zero-order valence-corrected chi connectivity index (χ0v) is 13.3. The van der Waals surface area contributed by atoms with Crippen LogP contribution in [-0.4, -0.2) is 9.19 Å². The minimum atomic E-state index is -1.17. The average molecular weight is 298 g/mol. The molecule has 1 aromatic carbocycles. The smallest absolute Gasteiger partial charge is 0.144 e. The van der Waals surface area contributed by atoms with Gasteiger partial charge < -0.3 is 0 Å². The molecule has 1 heterocycles. The normalized spacial score (nSPS) is 12.7. The Bertz CT molecular complexity index is 694. The van der Waals surface area contributed by atoms with E-state index in [2.05, 4.69) is 25.8 Å². The molecule has 1 atom stereocenters. The molecule has 0 aliphatic carbocycles. The summed E-state index contributed by atoms with van der Waals surface area (Å²) in [4.78, 5) is 4.77. The number of nitrogens with zero attached hydrogens (tertiary/aromatic N) is 2. The Kier molecular flexibility index (Phi) is 4.54. The number of nitriles is 1. The molecule has 0 aliphatic heterocycles. The van der Waals surface area contributed by atoms with E-state index in [4.69, 9.17) is 5.26 Å². The molecule has 3 nitrogen and oxygen atoms in total. The summed E-state index contributed by atoms with van der Waals surface area (Å²) in [6, 6.07) is 13.4. The Hall–Kier alpha value is -1.99. The van der Waals surface area contributed by atoms with Gasteiger partial charge in [-0.25, -0.2) is 4.98 Å². The van der Waals surface area contributed by atoms with Crippen molar-refractivity contribution in [1.29, 1.82) is 5.26 Å². The van der Waals surface area contributed by atoms with Gasteiger partial charge in [0.25, 0.3) is 0 Å². The van der Waals surface area contributed by atoms with Gasteiger partial charge in [-0.05, 0) is 29.2 Å². The summed E-state index contributed by atoms with van der Waals surface area (Å²) >= 11 is 0. The van der Waals surface area contributed by atoms with Gasteiger partial charge in [0, 0.05) is 16.7 Å². The van der Waals surface area contributed by atoms with Crippen molar-refractivity contribution in [2.45, 2.75) is 36.8 Å². The maximum absolute atomic E-state index is 12.4. The van der Waals surface area contributed by atoms with E-state index in [0.29, 0.717) is 11.4 Å². The van der Waals surface area contributed by atoms with Crippen LogP contribution >= 0.6 is 0 Å². The van der Waals surface area contributed by atoms with E-state index in [0.717, 1.165) is 10.5 Å². The van der Waals surface area contributed by atoms with E-state index in [1.807, 2.05) is 30.3 Å². The summed E-state index contributed by atoms with van der Waals surface area (Å²) < 4.78 is 12.4. The quantitative estimate of drug-likeness (QED) is 0.870. The first-order valence-electron chi connectivity index (χ1n) is 6.75. The molecule has 2 aromatic rings. The Morgan fingerprint density at radius 1 is 1.19 bits per heavy atom. The SMILES string of the molecule is CC(C)(C)c1ccc(S(=O)Cc2cccnc2C#N)cc1. The molecular weight excluding hydrogens is 280 g/mol. The Labute approximate surface area is 128 Å². The molecular formula is C17H18N2OS. The zero-order chi connectivity index (χ0) is 15.5. The summed E-state index contributed by atoms with van der Waals surface area (Å²) in [7, 11) is -1.17. The lowest BCUT2D eigenvalue weighted by molar-refractivity contribution is 0.589. The first-order valence-corrected chi connectivity index (χ1v) is 8.06. The van der Waals surface area contributed by atoms with E-state index >= 15 is 0 Å². The van der Waals surface area contributed by atoms with Crippen molar-refractivity contribution in [1.82, 2.24) is 4.98 Å². The Morgan fingerprint density at radius 2 is 1.86 bits per heavy atom. The van der Waals surface area contributed by atoms with Crippen LogP contribution in [0, 0.1) is 11.3 Å². The minimum absolute atomic E-state index is 0.0807. The van der Waals surface area contributed by atoms with Gasteiger partial charge in [-0.3, -0.25) is 4.21 Å². The van der Waals surface area contributed by atoms with Crippen LogP contribution < -0.4 is 0 Å². The standard InChI is InChI=1S/C17H18N2OS/c1-17(2,3)14-6-8-15(9-7-14)21(20)12-13-5-4-10-19-16(13)11-18/h4-10H,12H2,1-3H3. The molecule has 0 spiro atoms. The molecule has 0 N–H and O–H groups in total. The average Bonchev–Trinajstić information content (AvgIpc) is 2.47. The van der Waals surface area contributed by atoms with Crippen LogP contribution in [0.4, 0.5) is 0 Å². The van der Waals surface area contributed by atoms with Gasteiger partial charge in [-0.1, -0.05) is 39.0 Å². The third kappa shape index (κ3) is 3.77. The van der Waals surface area contributed by atoms with E-state index in [-0.39, 0.29) is 5.41 Å². The van der Waals surface area contributed by atoms with Crippen molar-refractivity contribution in [2.24, 2.45) is 0 Å². The highest BCUT2D eigenvalue weighted by Crippen LogP contribution is 2.23. The highest BCUT2D eigenvalue weighted by molar-refractivity contribution is 7.84. The van der Waals surface area contributed by atoms with Crippen LogP contribution in [-0.2, 0) is 22.0 Å². The Balaban J connectivity index is 2.20. The predicted octanol–water partition coefficient (Wildman–Crippen LogP) is 3.56. The van der Waals surface area contributed by atoms with Crippen LogP contribution in [0.2, 0.25) is 0 Å². The number of benzene rings is 1. The number of hydrogen-bond donors (Lipinski definition) is 0. The molecule has 0 aliphatic rings. The van der Waals surface area contributed by atoms with Crippen molar-refractivity contribution in [3.05, 3.63) is 59.4 Å². The Morgan fingerprint density at radius 3 is 2.43 bits per heavy atom. The van der Waals surface area contributed by atoms with Crippen molar-refractivity contribution in [3.8, 4) is 6.07 Å². The fourth-order valence-corrected chi connectivity index (χ4v) is 3.11. The molecule has 2 rings (SSSR count). The summed E-state index contributed by atoms with van der Waals surface area (Å²) in [6.07, 6.45) is 1.57. The fraction of sp³-hybridized carbons (Fsp3) is 0.294. The number of aromatic nitrogens is 1. The molecule has 0 fully saturated rings. The molecule has 0 amide bonds. The minimum Gasteiger partial charge on any atom is -0.254 e. The van der Waals surface area contributed by atoms with Crippen molar-refractivity contribution >= 4 is 10.8 Å². The summed E-state index contributed by atoms with van der Waals surface area (Å²) in [5, 5.41) is 9.02.